The molecule has 94 valence electrons. The van der Waals surface area contributed by atoms with Crippen LogP contribution in [0.25, 0.3) is 0 Å². The van der Waals surface area contributed by atoms with Crippen molar-refractivity contribution in [1.82, 2.24) is 4.90 Å². The number of hydrogen-bond acceptors (Lipinski definition) is 1. The van der Waals surface area contributed by atoms with Gasteiger partial charge < -0.3 is 4.90 Å². The number of fused-ring (bicyclic) bond motifs is 1. The van der Waals surface area contributed by atoms with Gasteiger partial charge in [-0.15, -0.1) is 0 Å². The Bertz CT molecular complexity index is 394. The molecule has 0 N–H and O–H groups in total. The summed E-state index contributed by atoms with van der Waals surface area (Å²) in [4.78, 5) is 2.40. The lowest BCUT2D eigenvalue weighted by Crippen LogP contribution is -2.42. The third kappa shape index (κ3) is 2.01. The average Bonchev–Trinajstić information content (AvgIpc) is 2.28. The van der Waals surface area contributed by atoms with Crippen molar-refractivity contribution in [2.75, 3.05) is 14.1 Å². The number of hydrogen-bond donors (Lipinski definition) is 0. The Morgan fingerprint density at radius 2 is 1.88 bits per heavy atom. The van der Waals surface area contributed by atoms with Gasteiger partial charge in [0.2, 0.25) is 0 Å². The van der Waals surface area contributed by atoms with Gasteiger partial charge >= 0.3 is 0 Å². The van der Waals surface area contributed by atoms with Gasteiger partial charge in [0, 0.05) is 6.04 Å². The summed E-state index contributed by atoms with van der Waals surface area (Å²) in [6.45, 7) is 7.19. The van der Waals surface area contributed by atoms with E-state index in [9.17, 15) is 0 Å². The van der Waals surface area contributed by atoms with Crippen LogP contribution in [-0.2, 0) is 6.42 Å². The summed E-state index contributed by atoms with van der Waals surface area (Å²) in [5.74, 6) is 0.711. The van der Waals surface area contributed by atoms with E-state index in [-0.39, 0.29) is 0 Å². The number of rotatable bonds is 2. The highest BCUT2D eigenvalue weighted by molar-refractivity contribution is 5.34. The highest BCUT2D eigenvalue weighted by atomic mass is 15.1. The second-order valence-corrected chi connectivity index (χ2v) is 6.23. The fourth-order valence-corrected chi connectivity index (χ4v) is 3.40. The second kappa shape index (κ2) is 4.45. The summed E-state index contributed by atoms with van der Waals surface area (Å²) in [6.07, 6.45) is 2.53. The molecule has 0 fully saturated rings. The van der Waals surface area contributed by atoms with Gasteiger partial charge in [0.05, 0.1) is 0 Å². The van der Waals surface area contributed by atoms with E-state index in [1.807, 2.05) is 0 Å². The quantitative estimate of drug-likeness (QED) is 0.746. The fraction of sp³-hybridized carbons (Fsp3) is 0.625. The normalized spacial score (nSPS) is 28.5. The molecule has 0 saturated heterocycles. The van der Waals surface area contributed by atoms with Crippen LogP contribution >= 0.6 is 0 Å². The summed E-state index contributed by atoms with van der Waals surface area (Å²) in [5, 5.41) is 0. The molecule has 0 aromatic heterocycles. The topological polar surface area (TPSA) is 3.24 Å². The van der Waals surface area contributed by atoms with E-state index in [1.54, 1.807) is 11.1 Å². The summed E-state index contributed by atoms with van der Waals surface area (Å²) in [5.41, 5.74) is 3.47. The maximum atomic E-state index is 2.46. The largest absolute Gasteiger partial charge is 0.302 e. The van der Waals surface area contributed by atoms with Gasteiger partial charge in [0.15, 0.2) is 0 Å². The minimum atomic E-state index is 0.387. The second-order valence-electron chi connectivity index (χ2n) is 6.23. The van der Waals surface area contributed by atoms with Crippen molar-refractivity contribution in [2.24, 2.45) is 11.3 Å². The van der Waals surface area contributed by atoms with Crippen LogP contribution in [0.15, 0.2) is 24.3 Å². The fourth-order valence-electron chi connectivity index (χ4n) is 3.40. The molecule has 0 heterocycles. The van der Waals surface area contributed by atoms with Gasteiger partial charge in [0.25, 0.3) is 0 Å². The van der Waals surface area contributed by atoms with Crippen LogP contribution in [0.2, 0.25) is 0 Å². The van der Waals surface area contributed by atoms with E-state index in [2.05, 4.69) is 64.0 Å². The van der Waals surface area contributed by atoms with Crippen molar-refractivity contribution in [1.29, 1.82) is 0 Å². The molecule has 2 atom stereocenters. The zero-order valence-electron chi connectivity index (χ0n) is 11.8. The van der Waals surface area contributed by atoms with Crippen molar-refractivity contribution >= 4 is 0 Å². The summed E-state index contributed by atoms with van der Waals surface area (Å²) in [7, 11) is 4.43. The van der Waals surface area contributed by atoms with E-state index >= 15 is 0 Å². The molecule has 0 aliphatic heterocycles. The predicted molar refractivity (Wildman–Crippen MR) is 74.1 cm³/mol. The molecule has 0 amide bonds. The number of aryl methyl sites for hydroxylation is 1. The van der Waals surface area contributed by atoms with Crippen molar-refractivity contribution in [3.8, 4) is 0 Å². The lowest BCUT2D eigenvalue weighted by Gasteiger charge is -2.48. The van der Waals surface area contributed by atoms with Crippen LogP contribution in [0.4, 0.5) is 0 Å². The predicted octanol–water partition coefficient (Wildman–Crippen LogP) is 3.90. The van der Waals surface area contributed by atoms with Crippen molar-refractivity contribution in [3.63, 3.8) is 0 Å². The van der Waals surface area contributed by atoms with Gasteiger partial charge in [0.1, 0.15) is 0 Å². The molecular weight excluding hydrogens is 206 g/mol. The maximum Gasteiger partial charge on any atom is 0.0400 e. The number of nitrogens with zero attached hydrogens (tertiary/aromatic N) is 1. The number of benzene rings is 1. The van der Waals surface area contributed by atoms with Crippen LogP contribution in [0.5, 0.6) is 0 Å². The first-order valence-electron chi connectivity index (χ1n) is 6.71. The highest BCUT2D eigenvalue weighted by Crippen LogP contribution is 2.50. The Balaban J connectivity index is 2.50. The minimum Gasteiger partial charge on any atom is -0.302 e. The smallest absolute Gasteiger partial charge is 0.0400 e. The summed E-state index contributed by atoms with van der Waals surface area (Å²) in [6, 6.07) is 9.52. The van der Waals surface area contributed by atoms with Crippen molar-refractivity contribution in [3.05, 3.63) is 35.4 Å². The van der Waals surface area contributed by atoms with Crippen LogP contribution in [0.1, 0.15) is 44.4 Å². The van der Waals surface area contributed by atoms with Crippen LogP contribution < -0.4 is 0 Å². The van der Waals surface area contributed by atoms with Gasteiger partial charge in [-0.25, -0.2) is 0 Å². The first kappa shape index (κ1) is 12.6. The molecular formula is C16H25N. The standard InChI is InChI=1S/C16H25N/c1-12(2)16(3)11-10-13-8-6-7-9-14(13)15(16)17(4)5/h6-9,12,15H,10-11H2,1-5H3. The van der Waals surface area contributed by atoms with E-state index in [1.165, 1.54) is 12.8 Å². The lowest BCUT2D eigenvalue weighted by molar-refractivity contribution is 0.0505. The summed E-state index contributed by atoms with van der Waals surface area (Å²) >= 11 is 0. The van der Waals surface area contributed by atoms with E-state index in [4.69, 9.17) is 0 Å². The average molecular weight is 231 g/mol. The monoisotopic (exact) mass is 231 g/mol. The molecule has 2 unspecified atom stereocenters. The first-order chi connectivity index (χ1) is 7.97. The molecule has 0 spiro atoms. The maximum absolute atomic E-state index is 2.46. The highest BCUT2D eigenvalue weighted by Gasteiger charge is 2.42. The van der Waals surface area contributed by atoms with Gasteiger partial charge in [-0.2, -0.15) is 0 Å². The Kier molecular flexibility index (Phi) is 3.31. The molecule has 1 aliphatic rings. The molecule has 1 heteroatoms. The molecule has 0 radical (unpaired) electrons. The molecule has 0 bridgehead atoms. The van der Waals surface area contributed by atoms with E-state index in [0.717, 1.165) is 0 Å². The molecule has 17 heavy (non-hydrogen) atoms. The minimum absolute atomic E-state index is 0.387. The van der Waals surface area contributed by atoms with Gasteiger partial charge in [-0.05, 0) is 49.4 Å². The Labute approximate surface area is 106 Å². The molecule has 2 rings (SSSR count). The van der Waals surface area contributed by atoms with Crippen LogP contribution in [0.3, 0.4) is 0 Å². The zero-order chi connectivity index (χ0) is 12.6. The van der Waals surface area contributed by atoms with Gasteiger partial charge in [-0.3, -0.25) is 0 Å². The first-order valence-corrected chi connectivity index (χ1v) is 6.71. The van der Waals surface area contributed by atoms with Crippen LogP contribution in [0, 0.1) is 11.3 Å². The Morgan fingerprint density at radius 3 is 2.47 bits per heavy atom. The van der Waals surface area contributed by atoms with Crippen molar-refractivity contribution < 1.29 is 0 Å². The Hall–Kier alpha value is -0.820. The Morgan fingerprint density at radius 1 is 1.24 bits per heavy atom. The van der Waals surface area contributed by atoms with Crippen molar-refractivity contribution in [2.45, 2.75) is 39.7 Å². The molecule has 1 aliphatic carbocycles. The lowest BCUT2D eigenvalue weighted by atomic mass is 9.63. The SMILES string of the molecule is CC(C)C1(C)CCc2ccccc2C1N(C)C. The third-order valence-corrected chi connectivity index (χ3v) is 4.74. The van der Waals surface area contributed by atoms with E-state index in [0.29, 0.717) is 17.4 Å². The zero-order valence-corrected chi connectivity index (χ0v) is 11.8. The molecule has 1 nitrogen and oxygen atoms in total. The van der Waals surface area contributed by atoms with E-state index < -0.39 is 0 Å². The van der Waals surface area contributed by atoms with Gasteiger partial charge in [-0.1, -0.05) is 45.0 Å². The summed E-state index contributed by atoms with van der Waals surface area (Å²) < 4.78 is 0. The molecule has 0 saturated carbocycles. The van der Waals surface area contributed by atoms with Crippen LogP contribution in [-0.4, -0.2) is 19.0 Å². The molecule has 1 aromatic carbocycles. The molecule has 1 aromatic rings. The third-order valence-electron chi connectivity index (χ3n) is 4.74.